The van der Waals surface area contributed by atoms with Crippen molar-refractivity contribution in [1.29, 1.82) is 0 Å². The van der Waals surface area contributed by atoms with Crippen LogP contribution in [0.15, 0.2) is 18.2 Å². The molecule has 0 aliphatic rings. The number of phenols is 1. The van der Waals surface area contributed by atoms with E-state index in [1.807, 2.05) is 12.1 Å². The highest BCUT2D eigenvalue weighted by Gasteiger charge is 2.03. The third-order valence-corrected chi connectivity index (χ3v) is 2.44. The van der Waals surface area contributed by atoms with E-state index in [2.05, 4.69) is 32.0 Å². The van der Waals surface area contributed by atoms with Crippen molar-refractivity contribution in [3.8, 4) is 5.75 Å². The van der Waals surface area contributed by atoms with Gasteiger partial charge in [0.05, 0.1) is 0 Å². The molecule has 0 saturated carbocycles. The molecule has 84 valence electrons. The Kier molecular flexibility index (Phi) is 4.63. The van der Waals surface area contributed by atoms with Crippen LogP contribution in [0.1, 0.15) is 30.9 Å². The third-order valence-electron chi connectivity index (χ3n) is 2.44. The first-order valence-electron chi connectivity index (χ1n) is 5.59. The molecule has 1 rings (SSSR count). The number of aromatic hydroxyl groups is 1. The highest BCUT2D eigenvalue weighted by molar-refractivity contribution is 5.36. The van der Waals surface area contributed by atoms with Gasteiger partial charge in [0.2, 0.25) is 0 Å². The van der Waals surface area contributed by atoms with Crippen LogP contribution in [-0.2, 0) is 13.0 Å². The average Bonchev–Trinajstić information content (AvgIpc) is 2.18. The van der Waals surface area contributed by atoms with Gasteiger partial charge in [-0.25, -0.2) is 0 Å². The van der Waals surface area contributed by atoms with Crippen LogP contribution in [0.25, 0.3) is 0 Å². The maximum Gasteiger partial charge on any atom is 0.118 e. The second-order valence-corrected chi connectivity index (χ2v) is 4.30. The third kappa shape index (κ3) is 3.92. The predicted molar refractivity (Wildman–Crippen MR) is 64.1 cm³/mol. The molecule has 2 heteroatoms. The van der Waals surface area contributed by atoms with Crippen LogP contribution in [0.3, 0.4) is 0 Å². The average molecular weight is 207 g/mol. The van der Waals surface area contributed by atoms with Crippen LogP contribution in [-0.4, -0.2) is 24.1 Å². The first-order chi connectivity index (χ1) is 7.13. The first kappa shape index (κ1) is 12.1. The van der Waals surface area contributed by atoms with Crippen LogP contribution in [0, 0.1) is 0 Å². The predicted octanol–water partition coefficient (Wildman–Crippen LogP) is 2.80. The summed E-state index contributed by atoms with van der Waals surface area (Å²) >= 11 is 0. The summed E-state index contributed by atoms with van der Waals surface area (Å²) in [5.74, 6) is 0.436. The molecule has 1 aromatic rings. The minimum Gasteiger partial charge on any atom is -0.508 e. The Morgan fingerprint density at radius 2 is 2.00 bits per heavy atom. The molecule has 0 amide bonds. The number of unbranched alkanes of at least 4 members (excludes halogenated alkanes) is 1. The summed E-state index contributed by atoms with van der Waals surface area (Å²) in [4.78, 5) is 2.13. The number of hydrogen-bond donors (Lipinski definition) is 1. The summed E-state index contributed by atoms with van der Waals surface area (Å²) in [6.07, 6.45) is 3.28. The molecule has 0 bridgehead atoms. The molecule has 15 heavy (non-hydrogen) atoms. The highest BCUT2D eigenvalue weighted by Crippen LogP contribution is 2.21. The Morgan fingerprint density at radius 3 is 2.60 bits per heavy atom. The lowest BCUT2D eigenvalue weighted by Gasteiger charge is -2.11. The second kappa shape index (κ2) is 5.76. The van der Waals surface area contributed by atoms with E-state index < -0.39 is 0 Å². The SMILES string of the molecule is CCCCc1cc(CN(C)C)ccc1O. The van der Waals surface area contributed by atoms with E-state index in [1.165, 1.54) is 5.56 Å². The molecule has 0 fully saturated rings. The number of nitrogens with zero attached hydrogens (tertiary/aromatic N) is 1. The maximum absolute atomic E-state index is 9.68. The van der Waals surface area contributed by atoms with Crippen LogP contribution >= 0.6 is 0 Å². The zero-order valence-electron chi connectivity index (χ0n) is 9.95. The minimum atomic E-state index is 0.436. The summed E-state index contributed by atoms with van der Waals surface area (Å²) < 4.78 is 0. The van der Waals surface area contributed by atoms with Crippen molar-refractivity contribution >= 4 is 0 Å². The molecule has 0 spiro atoms. The quantitative estimate of drug-likeness (QED) is 0.802. The van der Waals surface area contributed by atoms with E-state index in [0.717, 1.165) is 31.4 Å². The standard InChI is InChI=1S/C13H21NO/c1-4-5-6-12-9-11(10-14(2)3)7-8-13(12)15/h7-9,15H,4-6,10H2,1-3H3. The Bertz CT molecular complexity index is 307. The van der Waals surface area contributed by atoms with Gasteiger partial charge in [0.25, 0.3) is 0 Å². The number of aryl methyl sites for hydroxylation is 1. The van der Waals surface area contributed by atoms with Crippen LogP contribution < -0.4 is 0 Å². The molecule has 1 aromatic carbocycles. The van der Waals surface area contributed by atoms with Crippen molar-refractivity contribution in [2.45, 2.75) is 32.7 Å². The lowest BCUT2D eigenvalue weighted by atomic mass is 10.0. The van der Waals surface area contributed by atoms with E-state index in [1.54, 1.807) is 0 Å². The normalized spacial score (nSPS) is 10.9. The van der Waals surface area contributed by atoms with Gasteiger partial charge in [-0.2, -0.15) is 0 Å². The van der Waals surface area contributed by atoms with E-state index >= 15 is 0 Å². The fraction of sp³-hybridized carbons (Fsp3) is 0.538. The molecular weight excluding hydrogens is 186 g/mol. The Hall–Kier alpha value is -1.02. The summed E-state index contributed by atoms with van der Waals surface area (Å²) in [6.45, 7) is 3.10. The van der Waals surface area contributed by atoms with E-state index in [0.29, 0.717) is 5.75 Å². The van der Waals surface area contributed by atoms with Gasteiger partial charge in [0, 0.05) is 6.54 Å². The van der Waals surface area contributed by atoms with Gasteiger partial charge in [-0.3, -0.25) is 0 Å². The lowest BCUT2D eigenvalue weighted by Crippen LogP contribution is -2.10. The summed E-state index contributed by atoms with van der Waals surface area (Å²) in [5, 5.41) is 9.68. The van der Waals surface area contributed by atoms with Gasteiger partial charge >= 0.3 is 0 Å². The van der Waals surface area contributed by atoms with Gasteiger partial charge in [-0.1, -0.05) is 25.5 Å². The van der Waals surface area contributed by atoms with E-state index in [4.69, 9.17) is 0 Å². The summed E-state index contributed by atoms with van der Waals surface area (Å²) in [6, 6.07) is 5.92. The molecule has 0 atom stereocenters. The molecular formula is C13H21NO. The molecule has 0 aliphatic carbocycles. The maximum atomic E-state index is 9.68. The fourth-order valence-corrected chi connectivity index (χ4v) is 1.67. The van der Waals surface area contributed by atoms with Crippen LogP contribution in [0.5, 0.6) is 5.75 Å². The number of rotatable bonds is 5. The topological polar surface area (TPSA) is 23.5 Å². The van der Waals surface area contributed by atoms with Crippen molar-refractivity contribution in [3.05, 3.63) is 29.3 Å². The van der Waals surface area contributed by atoms with Crippen molar-refractivity contribution in [2.24, 2.45) is 0 Å². The van der Waals surface area contributed by atoms with Crippen molar-refractivity contribution in [2.75, 3.05) is 14.1 Å². The molecule has 0 unspecified atom stereocenters. The molecule has 0 saturated heterocycles. The Morgan fingerprint density at radius 1 is 1.27 bits per heavy atom. The second-order valence-electron chi connectivity index (χ2n) is 4.30. The molecule has 0 aliphatic heterocycles. The molecule has 0 radical (unpaired) electrons. The van der Waals surface area contributed by atoms with Gasteiger partial charge in [-0.05, 0) is 44.1 Å². The molecule has 0 aromatic heterocycles. The smallest absolute Gasteiger partial charge is 0.118 e. The first-order valence-corrected chi connectivity index (χ1v) is 5.59. The van der Waals surface area contributed by atoms with Gasteiger partial charge in [0.1, 0.15) is 5.75 Å². The molecule has 2 nitrogen and oxygen atoms in total. The zero-order chi connectivity index (χ0) is 11.3. The monoisotopic (exact) mass is 207 g/mol. The van der Waals surface area contributed by atoms with Gasteiger partial charge < -0.3 is 10.0 Å². The minimum absolute atomic E-state index is 0.436. The molecule has 1 N–H and O–H groups in total. The van der Waals surface area contributed by atoms with Crippen LogP contribution in [0.4, 0.5) is 0 Å². The Balaban J connectivity index is 2.75. The van der Waals surface area contributed by atoms with Gasteiger partial charge in [0.15, 0.2) is 0 Å². The van der Waals surface area contributed by atoms with Crippen molar-refractivity contribution in [3.63, 3.8) is 0 Å². The number of hydrogen-bond acceptors (Lipinski definition) is 2. The van der Waals surface area contributed by atoms with Crippen LogP contribution in [0.2, 0.25) is 0 Å². The van der Waals surface area contributed by atoms with Crippen molar-refractivity contribution < 1.29 is 5.11 Å². The molecule has 0 heterocycles. The summed E-state index contributed by atoms with van der Waals surface area (Å²) in [5.41, 5.74) is 2.35. The van der Waals surface area contributed by atoms with Crippen molar-refractivity contribution in [1.82, 2.24) is 4.90 Å². The Labute approximate surface area is 92.5 Å². The van der Waals surface area contributed by atoms with E-state index in [-0.39, 0.29) is 0 Å². The van der Waals surface area contributed by atoms with E-state index in [9.17, 15) is 5.11 Å². The largest absolute Gasteiger partial charge is 0.508 e. The summed E-state index contributed by atoms with van der Waals surface area (Å²) in [7, 11) is 4.11. The zero-order valence-corrected chi connectivity index (χ0v) is 9.95. The van der Waals surface area contributed by atoms with Gasteiger partial charge in [-0.15, -0.1) is 0 Å². The lowest BCUT2D eigenvalue weighted by molar-refractivity contribution is 0.401. The number of benzene rings is 1. The fourth-order valence-electron chi connectivity index (χ4n) is 1.67. The number of phenolic OH excluding ortho intramolecular Hbond substituents is 1. The highest BCUT2D eigenvalue weighted by atomic mass is 16.3.